The van der Waals surface area contributed by atoms with Gasteiger partial charge in [-0.05, 0) is 89.1 Å². The highest BCUT2D eigenvalue weighted by molar-refractivity contribution is 6.00. The number of nitrogens with one attached hydrogen (secondary N) is 2. The number of fused-ring (bicyclic) bond motifs is 2. The molecule has 1 fully saturated rings. The number of ether oxygens (including phenoxy) is 2. The van der Waals surface area contributed by atoms with Crippen LogP contribution in [-0.2, 0) is 15.8 Å². The van der Waals surface area contributed by atoms with E-state index in [1.807, 2.05) is 6.07 Å². The molecular weight excluding hydrogens is 591 g/mol. The number of aliphatic hydroxyl groups is 2. The van der Waals surface area contributed by atoms with Crippen LogP contribution in [0.3, 0.4) is 0 Å². The Kier molecular flexibility index (Phi) is 7.94. The third-order valence-corrected chi connectivity index (χ3v) is 8.27. The quantitative estimate of drug-likeness (QED) is 0.205. The van der Waals surface area contributed by atoms with E-state index >= 15 is 0 Å². The number of carbonyl (C=O) groups excluding carboxylic acids is 2. The number of pyridine rings is 2. The zero-order chi connectivity index (χ0) is 32.9. The van der Waals surface area contributed by atoms with Crippen molar-refractivity contribution in [3.63, 3.8) is 0 Å². The molecule has 240 valence electrons. The number of carbonyl (C=O) groups is 2. The minimum Gasteiger partial charge on any atom is -0.489 e. The summed E-state index contributed by atoms with van der Waals surface area (Å²) in [5.74, 6) is -0.365. The molecular formula is C35H37FN4O6. The highest BCUT2D eigenvalue weighted by Crippen LogP contribution is 2.46. The van der Waals surface area contributed by atoms with Gasteiger partial charge in [-0.1, -0.05) is 6.07 Å². The second-order valence-corrected chi connectivity index (χ2v) is 13.2. The molecule has 0 unspecified atom stereocenters. The van der Waals surface area contributed by atoms with Crippen molar-refractivity contribution in [3.8, 4) is 22.8 Å². The fraction of sp³-hybridized carbons (Fsp3) is 0.371. The molecule has 4 N–H and O–H groups in total. The fourth-order valence-corrected chi connectivity index (χ4v) is 5.33. The lowest BCUT2D eigenvalue weighted by molar-refractivity contribution is -0.127. The van der Waals surface area contributed by atoms with Gasteiger partial charge in [0.15, 0.2) is 0 Å². The van der Waals surface area contributed by atoms with Crippen LogP contribution >= 0.6 is 0 Å². The normalized spacial score (nSPS) is 18.8. The van der Waals surface area contributed by atoms with E-state index < -0.39 is 28.3 Å². The summed E-state index contributed by atoms with van der Waals surface area (Å²) in [6.07, 6.45) is 3.69. The van der Waals surface area contributed by atoms with Crippen LogP contribution in [0.1, 0.15) is 62.2 Å². The lowest BCUT2D eigenvalue weighted by Crippen LogP contribution is -2.48. The van der Waals surface area contributed by atoms with E-state index in [0.717, 1.165) is 18.2 Å². The lowest BCUT2D eigenvalue weighted by Gasteiger charge is -2.28. The van der Waals surface area contributed by atoms with E-state index in [1.54, 1.807) is 63.4 Å². The van der Waals surface area contributed by atoms with Gasteiger partial charge in [0, 0.05) is 34.8 Å². The second-order valence-electron chi connectivity index (χ2n) is 13.2. The Morgan fingerprint density at radius 2 is 1.80 bits per heavy atom. The predicted octanol–water partition coefficient (Wildman–Crippen LogP) is 4.15. The van der Waals surface area contributed by atoms with Crippen LogP contribution in [0, 0.1) is 5.82 Å². The van der Waals surface area contributed by atoms with Gasteiger partial charge in [0.1, 0.15) is 46.1 Å². The van der Waals surface area contributed by atoms with Crippen LogP contribution in [0.4, 0.5) is 4.39 Å². The van der Waals surface area contributed by atoms with Gasteiger partial charge in [-0.3, -0.25) is 14.6 Å². The van der Waals surface area contributed by atoms with Crippen molar-refractivity contribution < 1.29 is 33.7 Å². The molecule has 2 aliphatic rings. The van der Waals surface area contributed by atoms with Gasteiger partial charge < -0.3 is 30.3 Å². The number of halogens is 1. The van der Waals surface area contributed by atoms with Gasteiger partial charge >= 0.3 is 0 Å². The summed E-state index contributed by atoms with van der Waals surface area (Å²) >= 11 is 0. The smallest absolute Gasteiger partial charge is 0.251 e. The second kappa shape index (κ2) is 11.6. The van der Waals surface area contributed by atoms with Crippen LogP contribution < -0.4 is 20.1 Å². The van der Waals surface area contributed by atoms with Crippen molar-refractivity contribution in [1.82, 2.24) is 20.6 Å². The summed E-state index contributed by atoms with van der Waals surface area (Å²) in [6, 6.07) is 14.3. The number of benzene rings is 2. The molecule has 3 heterocycles. The fourth-order valence-electron chi connectivity index (χ4n) is 5.33. The Hall–Kier alpha value is -4.61. The molecule has 46 heavy (non-hydrogen) atoms. The molecule has 0 spiro atoms. The van der Waals surface area contributed by atoms with E-state index in [4.69, 9.17) is 14.5 Å². The van der Waals surface area contributed by atoms with Gasteiger partial charge in [0.2, 0.25) is 5.91 Å². The Morgan fingerprint density at radius 3 is 2.50 bits per heavy atom. The molecule has 1 saturated carbocycles. The van der Waals surface area contributed by atoms with Crippen LogP contribution in [0.15, 0.2) is 60.8 Å². The van der Waals surface area contributed by atoms with Gasteiger partial charge in [0.25, 0.3) is 5.91 Å². The number of nitrogens with zero attached hydrogens (tertiary/aromatic N) is 2. The Balaban J connectivity index is 1.32. The van der Waals surface area contributed by atoms with Gasteiger partial charge in [-0.2, -0.15) is 0 Å². The standard InChI is InChI=1S/C35H37FN4O6/c1-33(2,43)17-39-32(42)34(3)19-45-30-25(34)16-27(40-29(30)20-7-9-23(36)10-8-20)35(4,44)18-38-31(41)22-14-21-6-5-13-37-28(21)26(15-22)46-24-11-12-24/h5-10,13-16,24,43-44H,11-12,17-19H2,1-4H3,(H,38,41)(H,39,42)/t34-,35-/m0/s1. The SMILES string of the molecule is CC(C)(O)CNC(=O)[C@@]1(C)COc2c1cc([C@@](C)(O)CNC(=O)c1cc(OC3CC3)c3ncccc3c1)nc2-c1ccc(F)cc1. The molecule has 1 aliphatic heterocycles. The summed E-state index contributed by atoms with van der Waals surface area (Å²) < 4.78 is 25.9. The lowest BCUT2D eigenvalue weighted by atomic mass is 9.81. The van der Waals surface area contributed by atoms with Crippen LogP contribution in [0.5, 0.6) is 11.5 Å². The van der Waals surface area contributed by atoms with Gasteiger partial charge in [-0.25, -0.2) is 9.37 Å². The molecule has 0 radical (unpaired) electrons. The van der Waals surface area contributed by atoms with Crippen molar-refractivity contribution in [1.29, 1.82) is 0 Å². The number of hydrogen-bond acceptors (Lipinski definition) is 8. The van der Waals surface area contributed by atoms with Crippen molar-refractivity contribution in [3.05, 3.63) is 83.4 Å². The first-order chi connectivity index (χ1) is 21.7. The third-order valence-electron chi connectivity index (χ3n) is 8.27. The number of rotatable bonds is 10. The molecule has 1 aliphatic carbocycles. The molecule has 2 amide bonds. The van der Waals surface area contributed by atoms with Gasteiger partial charge in [-0.15, -0.1) is 0 Å². The molecule has 10 nitrogen and oxygen atoms in total. The van der Waals surface area contributed by atoms with Crippen molar-refractivity contribution in [2.45, 2.75) is 63.3 Å². The maximum absolute atomic E-state index is 13.8. The summed E-state index contributed by atoms with van der Waals surface area (Å²) in [6.45, 7) is 6.19. The van der Waals surface area contributed by atoms with E-state index in [9.17, 15) is 24.2 Å². The Bertz CT molecular complexity index is 1820. The molecule has 2 atom stereocenters. The summed E-state index contributed by atoms with van der Waals surface area (Å²) in [7, 11) is 0. The Labute approximate surface area is 266 Å². The first-order valence-electron chi connectivity index (χ1n) is 15.2. The maximum atomic E-state index is 13.8. The van der Waals surface area contributed by atoms with Crippen LogP contribution in [0.2, 0.25) is 0 Å². The van der Waals surface area contributed by atoms with Crippen LogP contribution in [-0.4, -0.2) is 63.4 Å². The number of hydrogen-bond donors (Lipinski definition) is 4. The van der Waals surface area contributed by atoms with Crippen molar-refractivity contribution in [2.24, 2.45) is 0 Å². The van der Waals surface area contributed by atoms with E-state index in [-0.39, 0.29) is 37.4 Å². The molecule has 11 heteroatoms. The zero-order valence-corrected chi connectivity index (χ0v) is 26.2. The Morgan fingerprint density at radius 1 is 1.07 bits per heavy atom. The largest absolute Gasteiger partial charge is 0.489 e. The zero-order valence-electron chi connectivity index (χ0n) is 26.2. The average molecular weight is 629 g/mol. The summed E-state index contributed by atoms with van der Waals surface area (Å²) in [4.78, 5) is 36.1. The van der Waals surface area contributed by atoms with E-state index in [1.165, 1.54) is 19.1 Å². The molecule has 0 bridgehead atoms. The van der Waals surface area contributed by atoms with E-state index in [2.05, 4.69) is 15.6 Å². The first-order valence-corrected chi connectivity index (χ1v) is 15.2. The highest BCUT2D eigenvalue weighted by atomic mass is 19.1. The van der Waals surface area contributed by atoms with E-state index in [0.29, 0.717) is 39.4 Å². The summed E-state index contributed by atoms with van der Waals surface area (Å²) in [5, 5.41) is 28.3. The first kappa shape index (κ1) is 31.4. The molecule has 2 aromatic heterocycles. The number of aromatic nitrogens is 2. The molecule has 0 saturated heterocycles. The molecule has 2 aromatic carbocycles. The molecule has 6 rings (SSSR count). The van der Waals surface area contributed by atoms with Gasteiger partial charge in [0.05, 0.1) is 23.9 Å². The monoisotopic (exact) mass is 628 g/mol. The maximum Gasteiger partial charge on any atom is 0.251 e. The third kappa shape index (κ3) is 6.38. The molecule has 4 aromatic rings. The van der Waals surface area contributed by atoms with Crippen LogP contribution in [0.25, 0.3) is 22.2 Å². The minimum atomic E-state index is -1.70. The highest BCUT2D eigenvalue weighted by Gasteiger charge is 2.46. The topological polar surface area (TPSA) is 143 Å². The summed E-state index contributed by atoms with van der Waals surface area (Å²) in [5.41, 5.74) is -1.50. The minimum absolute atomic E-state index is 0.0136. The van der Waals surface area contributed by atoms with Crippen molar-refractivity contribution in [2.75, 3.05) is 19.7 Å². The van der Waals surface area contributed by atoms with Crippen molar-refractivity contribution >= 4 is 22.7 Å². The number of amides is 2. The average Bonchev–Trinajstić information content (AvgIpc) is 3.78. The predicted molar refractivity (Wildman–Crippen MR) is 169 cm³/mol.